The number of amides is 3. The highest BCUT2D eigenvalue weighted by Crippen LogP contribution is 2.57. The smallest absolute Gasteiger partial charge is 0.415 e. The Kier molecular flexibility index (Phi) is 7.96. The molecule has 192 valence electrons. The number of benzene rings is 2. The van der Waals surface area contributed by atoms with Gasteiger partial charge in [-0.05, 0) is 61.4 Å². The van der Waals surface area contributed by atoms with Crippen molar-refractivity contribution in [3.8, 4) is 11.5 Å². The lowest BCUT2D eigenvalue weighted by molar-refractivity contribution is -0.658. The number of carbonyl (C=O) groups is 3. The lowest BCUT2D eigenvalue weighted by atomic mass is 10.2. The predicted molar refractivity (Wildman–Crippen MR) is 135 cm³/mol. The summed E-state index contributed by atoms with van der Waals surface area (Å²) in [6.07, 6.45) is 2.95. The van der Waals surface area contributed by atoms with Crippen LogP contribution < -0.4 is 25.0 Å². The minimum absolute atomic E-state index is 0.0376. The fraction of sp³-hybridized carbons (Fsp3) is 0.400. The molecule has 0 bridgehead atoms. The van der Waals surface area contributed by atoms with E-state index in [0.717, 1.165) is 19.4 Å². The number of nitrogens with zero attached hydrogens (tertiary/aromatic N) is 1. The van der Waals surface area contributed by atoms with Gasteiger partial charge in [-0.15, -0.1) is 0 Å². The van der Waals surface area contributed by atoms with E-state index in [1.165, 1.54) is 13.8 Å². The van der Waals surface area contributed by atoms with Crippen molar-refractivity contribution in [3.05, 3.63) is 48.5 Å². The van der Waals surface area contributed by atoms with Crippen LogP contribution in [0.4, 0.5) is 11.4 Å². The molecule has 2 heterocycles. The van der Waals surface area contributed by atoms with Crippen LogP contribution in [0.2, 0.25) is 0 Å². The first-order valence-corrected chi connectivity index (χ1v) is 13.7. The van der Waals surface area contributed by atoms with Gasteiger partial charge < -0.3 is 29.9 Å². The van der Waals surface area contributed by atoms with Gasteiger partial charge in [-0.3, -0.25) is 14.4 Å². The Morgan fingerprint density at radius 2 is 1.39 bits per heavy atom. The van der Waals surface area contributed by atoms with Gasteiger partial charge >= 0.3 is 7.60 Å². The van der Waals surface area contributed by atoms with E-state index in [9.17, 15) is 18.9 Å². The largest absolute Gasteiger partial charge is 0.453 e. The number of rotatable bonds is 8. The van der Waals surface area contributed by atoms with Crippen LogP contribution in [0.1, 0.15) is 39.5 Å². The molecule has 0 spiro atoms. The van der Waals surface area contributed by atoms with Crippen molar-refractivity contribution in [1.82, 2.24) is 4.90 Å². The monoisotopic (exact) mass is 515 g/mol. The van der Waals surface area contributed by atoms with Crippen molar-refractivity contribution in [1.29, 1.82) is 0 Å². The van der Waals surface area contributed by atoms with Crippen LogP contribution >= 0.6 is 7.60 Å². The highest BCUT2D eigenvalue weighted by Gasteiger charge is 2.49. The van der Waals surface area contributed by atoms with Crippen LogP contribution in [0.3, 0.4) is 0 Å². The number of hydrogen-bond donors (Lipinski definition) is 3. The second kappa shape index (κ2) is 11.1. The molecule has 10 nitrogen and oxygen atoms in total. The molecule has 0 aromatic heterocycles. The zero-order valence-corrected chi connectivity index (χ0v) is 21.3. The van der Waals surface area contributed by atoms with Crippen LogP contribution in [0.15, 0.2) is 48.5 Å². The Balaban J connectivity index is 1.60. The third-order valence-corrected chi connectivity index (χ3v) is 8.37. The average molecular weight is 516 g/mol. The zero-order valence-electron chi connectivity index (χ0n) is 20.4. The van der Waals surface area contributed by atoms with Crippen LogP contribution in [-0.4, -0.2) is 47.5 Å². The fourth-order valence-corrected chi connectivity index (χ4v) is 6.77. The molecule has 2 unspecified atom stereocenters. The van der Waals surface area contributed by atoms with Gasteiger partial charge in [0.15, 0.2) is 11.8 Å². The first-order chi connectivity index (χ1) is 17.2. The van der Waals surface area contributed by atoms with E-state index in [1.807, 2.05) is 5.32 Å². The molecule has 4 rings (SSSR count). The first kappa shape index (κ1) is 25.7. The molecule has 0 radical (unpaired) electrons. The lowest BCUT2D eigenvalue weighted by Crippen LogP contribution is -2.89. The molecule has 36 heavy (non-hydrogen) atoms. The van der Waals surface area contributed by atoms with Gasteiger partial charge in [0, 0.05) is 44.6 Å². The van der Waals surface area contributed by atoms with E-state index in [2.05, 4.69) is 10.6 Å². The Hall–Kier alpha value is -3.36. The zero-order chi connectivity index (χ0) is 25.7. The quantitative estimate of drug-likeness (QED) is 0.464. The van der Waals surface area contributed by atoms with Gasteiger partial charge in [0.2, 0.25) is 11.8 Å². The molecule has 2 aliphatic rings. The van der Waals surface area contributed by atoms with Crippen LogP contribution in [0.25, 0.3) is 0 Å². The van der Waals surface area contributed by atoms with E-state index in [4.69, 9.17) is 9.05 Å². The van der Waals surface area contributed by atoms with Crippen molar-refractivity contribution in [2.45, 2.75) is 51.4 Å². The molecule has 2 aromatic rings. The third kappa shape index (κ3) is 6.25. The minimum Gasteiger partial charge on any atom is -0.415 e. The molecule has 2 fully saturated rings. The van der Waals surface area contributed by atoms with Crippen molar-refractivity contribution in [3.63, 3.8) is 0 Å². The van der Waals surface area contributed by atoms with E-state index >= 15 is 0 Å². The van der Waals surface area contributed by atoms with Gasteiger partial charge in [0.1, 0.15) is 11.5 Å². The first-order valence-electron chi connectivity index (χ1n) is 12.1. The Bertz CT molecular complexity index is 1080. The Morgan fingerprint density at radius 3 is 1.83 bits per heavy atom. The van der Waals surface area contributed by atoms with Crippen LogP contribution in [0.5, 0.6) is 11.5 Å². The molecule has 3 amide bonds. The highest BCUT2D eigenvalue weighted by molar-refractivity contribution is 7.55. The van der Waals surface area contributed by atoms with Crippen molar-refractivity contribution in [2.75, 3.05) is 23.7 Å². The maximum atomic E-state index is 14.4. The third-order valence-electron chi connectivity index (χ3n) is 6.17. The fourth-order valence-electron chi connectivity index (χ4n) is 4.59. The summed E-state index contributed by atoms with van der Waals surface area (Å²) in [5.74, 6) is -0.579. The summed E-state index contributed by atoms with van der Waals surface area (Å²) in [4.78, 5) is 37.6. The van der Waals surface area contributed by atoms with Crippen molar-refractivity contribution < 1.29 is 33.3 Å². The lowest BCUT2D eigenvalue weighted by Gasteiger charge is -2.31. The maximum Gasteiger partial charge on any atom is 0.453 e. The van der Waals surface area contributed by atoms with Gasteiger partial charge in [0.05, 0.1) is 6.54 Å². The highest BCUT2D eigenvalue weighted by atomic mass is 31.2. The topological polar surface area (TPSA) is 131 Å². The summed E-state index contributed by atoms with van der Waals surface area (Å²) < 4.78 is 26.5. The van der Waals surface area contributed by atoms with Gasteiger partial charge in [-0.2, -0.15) is 0 Å². The van der Waals surface area contributed by atoms with Gasteiger partial charge in [0.25, 0.3) is 5.91 Å². The maximum absolute atomic E-state index is 14.4. The number of nitrogens with two attached hydrogens (primary N) is 1. The number of quaternary nitrogens is 1. The summed E-state index contributed by atoms with van der Waals surface area (Å²) in [6.45, 7) is 4.22. The average Bonchev–Trinajstić information content (AvgIpc) is 3.54. The van der Waals surface area contributed by atoms with E-state index in [1.54, 1.807) is 53.4 Å². The standard InChI is InChI=1S/C25H31N4O6P/c1-17(30)27-19-7-11-21(12-8-19)34-36(33,35-22-13-9-20(10-14-22)28-18(2)31)24-6-4-16-29(24)25(32)23-5-3-15-26-23/h7-14,23-24,26H,3-6,15-16H2,1-2H3,(H,27,30)(H,28,31)/p+1. The van der Waals surface area contributed by atoms with E-state index < -0.39 is 13.4 Å². The number of likely N-dealkylation sites (tertiary alicyclic amines) is 1. The summed E-state index contributed by atoms with van der Waals surface area (Å²) in [5, 5.41) is 7.39. The van der Waals surface area contributed by atoms with Gasteiger partial charge in [-0.25, -0.2) is 4.57 Å². The second-order valence-electron chi connectivity index (χ2n) is 9.06. The minimum atomic E-state index is -3.93. The molecular weight excluding hydrogens is 483 g/mol. The van der Waals surface area contributed by atoms with E-state index in [-0.39, 0.29) is 23.8 Å². The molecule has 2 saturated heterocycles. The molecule has 4 N–H and O–H groups in total. The number of carbonyl (C=O) groups excluding carboxylic acids is 3. The number of hydrogen-bond acceptors (Lipinski definition) is 6. The van der Waals surface area contributed by atoms with Crippen LogP contribution in [0, 0.1) is 0 Å². The second-order valence-corrected chi connectivity index (χ2v) is 11.1. The number of nitrogens with one attached hydrogen (secondary N) is 2. The normalized spacial score (nSPS) is 19.6. The molecule has 2 atom stereocenters. The summed E-state index contributed by atoms with van der Waals surface area (Å²) in [6, 6.07) is 12.8. The molecule has 0 aliphatic carbocycles. The number of anilines is 2. The van der Waals surface area contributed by atoms with E-state index in [0.29, 0.717) is 42.3 Å². The summed E-state index contributed by atoms with van der Waals surface area (Å²) in [5.41, 5.74) is 1.15. The Morgan fingerprint density at radius 1 is 0.861 bits per heavy atom. The van der Waals surface area contributed by atoms with Crippen molar-refractivity contribution >= 4 is 36.7 Å². The Labute approximate surface area is 210 Å². The molecular formula is C25H32N4O6P+. The van der Waals surface area contributed by atoms with Crippen molar-refractivity contribution in [2.24, 2.45) is 0 Å². The molecule has 11 heteroatoms. The van der Waals surface area contributed by atoms with Gasteiger partial charge in [-0.1, -0.05) is 0 Å². The molecule has 2 aliphatic heterocycles. The summed E-state index contributed by atoms with van der Waals surface area (Å²) in [7, 11) is -3.93. The predicted octanol–water partition coefficient (Wildman–Crippen LogP) is 2.93. The molecule has 0 saturated carbocycles. The summed E-state index contributed by atoms with van der Waals surface area (Å²) >= 11 is 0. The van der Waals surface area contributed by atoms with Crippen LogP contribution in [-0.2, 0) is 18.9 Å². The SMILES string of the molecule is CC(=O)Nc1ccc(OP(=O)(Oc2ccc(NC(C)=O)cc2)C2CCCN2C(=O)C2CCC[NH2+]2)cc1. The molecule has 2 aromatic carbocycles.